The number of carbonyl (C=O) groups is 2. The Kier molecular flexibility index (Phi) is 4.15. The van der Waals surface area contributed by atoms with Crippen LogP contribution in [0.3, 0.4) is 0 Å². The second kappa shape index (κ2) is 6.15. The van der Waals surface area contributed by atoms with Crippen LogP contribution in [-0.4, -0.2) is 38.2 Å². The van der Waals surface area contributed by atoms with Crippen molar-refractivity contribution in [3.8, 4) is 0 Å². The van der Waals surface area contributed by atoms with Gasteiger partial charge in [0.25, 0.3) is 5.91 Å². The minimum absolute atomic E-state index is 0.268. The second-order valence-electron chi connectivity index (χ2n) is 6.98. The van der Waals surface area contributed by atoms with Crippen molar-refractivity contribution in [2.45, 2.75) is 44.8 Å². The van der Waals surface area contributed by atoms with Gasteiger partial charge in [-0.25, -0.2) is 4.79 Å². The molecule has 1 saturated carbocycles. The maximum atomic E-state index is 12.5. The van der Waals surface area contributed by atoms with Crippen LogP contribution in [0.15, 0.2) is 24.3 Å². The van der Waals surface area contributed by atoms with Gasteiger partial charge in [0, 0.05) is 11.3 Å². The molecule has 9 nitrogen and oxygen atoms in total. The quantitative estimate of drug-likeness (QED) is 0.779. The maximum Gasteiger partial charge on any atom is 0.412 e. The van der Waals surface area contributed by atoms with Gasteiger partial charge in [0.2, 0.25) is 0 Å². The van der Waals surface area contributed by atoms with Gasteiger partial charge < -0.3 is 10.1 Å². The Morgan fingerprint density at radius 3 is 2.64 bits per heavy atom. The number of carbonyl (C=O) groups excluding carboxylic acids is 2. The molecule has 9 heteroatoms. The molecule has 0 unspecified atom stereocenters. The van der Waals surface area contributed by atoms with Crippen molar-refractivity contribution in [1.29, 1.82) is 0 Å². The third-order valence-electron chi connectivity index (χ3n) is 3.65. The summed E-state index contributed by atoms with van der Waals surface area (Å²) in [4.78, 5) is 24.4. The Morgan fingerprint density at radius 1 is 1.28 bits per heavy atom. The van der Waals surface area contributed by atoms with Crippen molar-refractivity contribution >= 4 is 17.7 Å². The highest BCUT2D eigenvalue weighted by Crippen LogP contribution is 2.43. The molecule has 0 spiro atoms. The van der Waals surface area contributed by atoms with Gasteiger partial charge in [0.1, 0.15) is 11.1 Å². The van der Waals surface area contributed by atoms with E-state index in [9.17, 15) is 9.59 Å². The summed E-state index contributed by atoms with van der Waals surface area (Å²) in [6, 6.07) is 6.63. The van der Waals surface area contributed by atoms with Crippen LogP contribution in [0, 0.1) is 0 Å². The standard InChI is InChI=1S/C16H20N6O3/c1-15(2,3)25-14(24)17-11-6-4-5-10(9-11)12(23)18-16(7-8-16)13-19-21-22-20-13/h4-6,9H,7-8H2,1-3H3,(H,17,24)(H,18,23)(H,19,20,21,22). The van der Waals surface area contributed by atoms with E-state index >= 15 is 0 Å². The number of nitrogens with one attached hydrogen (secondary N) is 3. The largest absolute Gasteiger partial charge is 0.444 e. The Hall–Kier alpha value is -2.97. The van der Waals surface area contributed by atoms with E-state index < -0.39 is 17.2 Å². The van der Waals surface area contributed by atoms with E-state index in [-0.39, 0.29) is 5.91 Å². The van der Waals surface area contributed by atoms with Crippen LogP contribution in [-0.2, 0) is 10.3 Å². The van der Waals surface area contributed by atoms with E-state index in [0.29, 0.717) is 17.1 Å². The Bertz CT molecular complexity index is 777. The number of benzene rings is 1. The van der Waals surface area contributed by atoms with Crippen LogP contribution in [0.5, 0.6) is 0 Å². The van der Waals surface area contributed by atoms with Crippen molar-refractivity contribution in [2.24, 2.45) is 0 Å². The molecule has 1 aliphatic carbocycles. The fraction of sp³-hybridized carbons (Fsp3) is 0.438. The van der Waals surface area contributed by atoms with E-state index in [1.807, 2.05) is 0 Å². The highest BCUT2D eigenvalue weighted by Gasteiger charge is 2.49. The average molecular weight is 344 g/mol. The molecule has 1 aromatic heterocycles. The number of aromatic amines is 1. The molecule has 2 aromatic rings. The normalized spacial score (nSPS) is 15.3. The van der Waals surface area contributed by atoms with Crippen LogP contribution < -0.4 is 10.6 Å². The first kappa shape index (κ1) is 16.9. The van der Waals surface area contributed by atoms with Crippen molar-refractivity contribution in [1.82, 2.24) is 25.9 Å². The Morgan fingerprint density at radius 2 is 2.04 bits per heavy atom. The summed E-state index contributed by atoms with van der Waals surface area (Å²) < 4.78 is 5.20. The van der Waals surface area contributed by atoms with Gasteiger partial charge >= 0.3 is 6.09 Å². The SMILES string of the molecule is CC(C)(C)OC(=O)Nc1cccc(C(=O)NC2(c3nn[nH]n3)CC2)c1. The average Bonchev–Trinajstić information content (AvgIpc) is 3.08. The number of nitrogens with zero attached hydrogens (tertiary/aromatic N) is 3. The van der Waals surface area contributed by atoms with Gasteiger partial charge in [-0.15, -0.1) is 10.2 Å². The van der Waals surface area contributed by atoms with Crippen molar-refractivity contribution in [2.75, 3.05) is 5.32 Å². The number of aromatic nitrogens is 4. The topological polar surface area (TPSA) is 122 Å². The molecular weight excluding hydrogens is 324 g/mol. The minimum atomic E-state index is -0.595. The number of hydrogen-bond acceptors (Lipinski definition) is 6. The number of anilines is 1. The van der Waals surface area contributed by atoms with Gasteiger partial charge in [-0.2, -0.15) is 5.21 Å². The molecule has 0 aliphatic heterocycles. The first-order valence-corrected chi connectivity index (χ1v) is 7.94. The predicted molar refractivity (Wildman–Crippen MR) is 88.9 cm³/mol. The molecule has 2 amide bonds. The van der Waals surface area contributed by atoms with Crippen LogP contribution >= 0.6 is 0 Å². The first-order chi connectivity index (χ1) is 11.8. The van der Waals surface area contributed by atoms with Gasteiger partial charge in [-0.05, 0) is 51.8 Å². The number of ether oxygens (including phenoxy) is 1. The molecule has 1 heterocycles. The van der Waals surface area contributed by atoms with Crippen LogP contribution in [0.2, 0.25) is 0 Å². The molecule has 132 valence electrons. The molecule has 0 atom stereocenters. The zero-order chi connectivity index (χ0) is 18.1. The fourth-order valence-corrected chi connectivity index (χ4v) is 2.34. The number of tetrazole rings is 1. The van der Waals surface area contributed by atoms with E-state index in [1.165, 1.54) is 0 Å². The van der Waals surface area contributed by atoms with E-state index in [0.717, 1.165) is 12.8 Å². The van der Waals surface area contributed by atoms with Gasteiger partial charge in [-0.3, -0.25) is 10.1 Å². The summed E-state index contributed by atoms with van der Waals surface area (Å²) in [6.07, 6.45) is 0.943. The summed E-state index contributed by atoms with van der Waals surface area (Å²) in [5.74, 6) is 0.207. The van der Waals surface area contributed by atoms with Gasteiger partial charge in [0.05, 0.1) is 0 Å². The van der Waals surface area contributed by atoms with Gasteiger partial charge in [-0.1, -0.05) is 11.3 Å². The molecule has 25 heavy (non-hydrogen) atoms. The van der Waals surface area contributed by atoms with Crippen LogP contribution in [0.25, 0.3) is 0 Å². The number of hydrogen-bond donors (Lipinski definition) is 3. The van der Waals surface area contributed by atoms with Crippen molar-refractivity contribution < 1.29 is 14.3 Å². The lowest BCUT2D eigenvalue weighted by Gasteiger charge is -2.20. The molecule has 1 aromatic carbocycles. The first-order valence-electron chi connectivity index (χ1n) is 7.94. The zero-order valence-corrected chi connectivity index (χ0v) is 14.3. The van der Waals surface area contributed by atoms with Gasteiger partial charge in [0.15, 0.2) is 5.82 Å². The molecule has 0 bridgehead atoms. The molecule has 3 N–H and O–H groups in total. The third kappa shape index (κ3) is 4.11. The summed E-state index contributed by atoms with van der Waals surface area (Å²) in [5, 5.41) is 19.4. The second-order valence-corrected chi connectivity index (χ2v) is 6.98. The molecule has 3 rings (SSSR count). The van der Waals surface area contributed by atoms with Crippen LogP contribution in [0.4, 0.5) is 10.5 Å². The lowest BCUT2D eigenvalue weighted by molar-refractivity contribution is 0.0635. The molecule has 0 saturated heterocycles. The lowest BCUT2D eigenvalue weighted by atomic mass is 10.1. The Balaban J connectivity index is 1.67. The highest BCUT2D eigenvalue weighted by molar-refractivity contribution is 5.97. The maximum absolute atomic E-state index is 12.5. The summed E-state index contributed by atoms with van der Waals surface area (Å²) >= 11 is 0. The number of rotatable bonds is 4. The van der Waals surface area contributed by atoms with E-state index in [4.69, 9.17) is 4.74 Å². The summed E-state index contributed by atoms with van der Waals surface area (Å²) in [5.41, 5.74) is -0.254. The predicted octanol–water partition coefficient (Wildman–Crippen LogP) is 1.97. The minimum Gasteiger partial charge on any atom is -0.444 e. The molecule has 0 radical (unpaired) electrons. The molecular formula is C16H20N6O3. The summed E-state index contributed by atoms with van der Waals surface area (Å²) in [7, 11) is 0. The van der Waals surface area contributed by atoms with Crippen molar-refractivity contribution in [3.05, 3.63) is 35.7 Å². The zero-order valence-electron chi connectivity index (χ0n) is 14.3. The smallest absolute Gasteiger partial charge is 0.412 e. The fourth-order valence-electron chi connectivity index (χ4n) is 2.34. The van der Waals surface area contributed by atoms with E-state index in [2.05, 4.69) is 31.3 Å². The van der Waals surface area contributed by atoms with Crippen LogP contribution in [0.1, 0.15) is 49.8 Å². The number of amides is 2. The number of H-pyrrole nitrogens is 1. The molecule has 1 aliphatic rings. The lowest BCUT2D eigenvalue weighted by Crippen LogP contribution is -2.35. The third-order valence-corrected chi connectivity index (χ3v) is 3.65. The summed E-state index contributed by atoms with van der Waals surface area (Å²) in [6.45, 7) is 5.34. The monoisotopic (exact) mass is 344 g/mol. The Labute approximate surface area is 144 Å². The van der Waals surface area contributed by atoms with Crippen molar-refractivity contribution in [3.63, 3.8) is 0 Å². The van der Waals surface area contributed by atoms with E-state index in [1.54, 1.807) is 45.0 Å². The highest BCUT2D eigenvalue weighted by atomic mass is 16.6. The molecule has 1 fully saturated rings.